The molecule has 0 radical (unpaired) electrons. The van der Waals surface area contributed by atoms with Crippen molar-refractivity contribution in [2.24, 2.45) is 5.73 Å². The summed E-state index contributed by atoms with van der Waals surface area (Å²) in [5, 5.41) is 9.79. The molecule has 70 valence electrons. The number of aryl methyl sites for hydroxylation is 1. The highest BCUT2D eigenvalue weighted by atomic mass is 35.5. The van der Waals surface area contributed by atoms with Crippen LogP contribution in [0.4, 0.5) is 0 Å². The molecule has 0 aliphatic carbocycles. The second-order valence-electron chi connectivity index (χ2n) is 2.81. The van der Waals surface area contributed by atoms with E-state index in [2.05, 4.69) is 0 Å². The molecule has 1 aromatic carbocycles. The molecule has 1 rings (SSSR count). The van der Waals surface area contributed by atoms with E-state index in [1.807, 2.05) is 6.92 Å². The van der Waals surface area contributed by atoms with E-state index in [0.717, 1.165) is 5.56 Å². The van der Waals surface area contributed by atoms with Gasteiger partial charge in [0.1, 0.15) is 0 Å². The van der Waals surface area contributed by atoms with Gasteiger partial charge < -0.3 is 10.8 Å². The van der Waals surface area contributed by atoms with Gasteiger partial charge in [-0.2, -0.15) is 0 Å². The molecule has 0 fully saturated rings. The van der Waals surface area contributed by atoms with Gasteiger partial charge in [0.15, 0.2) is 6.10 Å². The summed E-state index contributed by atoms with van der Waals surface area (Å²) in [7, 11) is 0. The molecule has 4 heteroatoms. The average Bonchev–Trinajstić information content (AvgIpc) is 2.08. The zero-order valence-electron chi connectivity index (χ0n) is 7.12. The Hall–Kier alpha value is -1.06. The van der Waals surface area contributed by atoms with Gasteiger partial charge >= 0.3 is 0 Å². The summed E-state index contributed by atoms with van der Waals surface area (Å²) in [6, 6.07) is 4.88. The number of aliphatic hydroxyl groups is 1. The highest BCUT2D eigenvalue weighted by molar-refractivity contribution is 6.31. The van der Waals surface area contributed by atoms with Crippen molar-refractivity contribution in [3.63, 3.8) is 0 Å². The summed E-state index contributed by atoms with van der Waals surface area (Å²) in [5.74, 6) is -0.778. The predicted octanol–water partition coefficient (Wildman–Crippen LogP) is 1.17. The van der Waals surface area contributed by atoms with Crippen LogP contribution in [-0.4, -0.2) is 11.0 Å². The van der Waals surface area contributed by atoms with Crippen molar-refractivity contribution in [3.05, 3.63) is 34.3 Å². The van der Waals surface area contributed by atoms with Crippen LogP contribution in [0.3, 0.4) is 0 Å². The highest BCUT2D eigenvalue weighted by Gasteiger charge is 2.13. The van der Waals surface area contributed by atoms with Crippen LogP contribution in [0.5, 0.6) is 0 Å². The van der Waals surface area contributed by atoms with Gasteiger partial charge in [-0.3, -0.25) is 4.79 Å². The maximum absolute atomic E-state index is 10.6. The Labute approximate surface area is 81.1 Å². The minimum Gasteiger partial charge on any atom is -0.378 e. The van der Waals surface area contributed by atoms with Crippen molar-refractivity contribution in [2.45, 2.75) is 13.0 Å². The number of aliphatic hydroxyl groups excluding tert-OH is 1. The van der Waals surface area contributed by atoms with Crippen LogP contribution in [0.2, 0.25) is 5.02 Å². The van der Waals surface area contributed by atoms with Gasteiger partial charge in [-0.05, 0) is 24.1 Å². The first-order valence-electron chi connectivity index (χ1n) is 3.76. The minimum atomic E-state index is -1.28. The molecule has 0 heterocycles. The van der Waals surface area contributed by atoms with E-state index in [9.17, 15) is 9.90 Å². The van der Waals surface area contributed by atoms with Crippen molar-refractivity contribution in [1.82, 2.24) is 0 Å². The van der Waals surface area contributed by atoms with Crippen LogP contribution in [0.15, 0.2) is 18.2 Å². The second-order valence-corrected chi connectivity index (χ2v) is 3.22. The van der Waals surface area contributed by atoms with E-state index < -0.39 is 12.0 Å². The standard InChI is InChI=1S/C9H10ClNO2/c1-5-2-3-6(4-7(5)10)8(12)9(11)13/h2-4,8,12H,1H3,(H2,11,13). The number of amides is 1. The molecule has 1 atom stereocenters. The molecule has 1 unspecified atom stereocenters. The molecule has 13 heavy (non-hydrogen) atoms. The van der Waals surface area contributed by atoms with E-state index in [4.69, 9.17) is 17.3 Å². The summed E-state index contributed by atoms with van der Waals surface area (Å²) in [6.07, 6.45) is -1.28. The zero-order valence-corrected chi connectivity index (χ0v) is 7.88. The minimum absolute atomic E-state index is 0.420. The SMILES string of the molecule is Cc1ccc(C(O)C(N)=O)cc1Cl. The van der Waals surface area contributed by atoms with Crippen molar-refractivity contribution in [3.8, 4) is 0 Å². The Morgan fingerprint density at radius 1 is 1.62 bits per heavy atom. The molecule has 0 aliphatic heterocycles. The quantitative estimate of drug-likeness (QED) is 0.751. The van der Waals surface area contributed by atoms with E-state index in [0.29, 0.717) is 10.6 Å². The molecule has 0 saturated carbocycles. The summed E-state index contributed by atoms with van der Waals surface area (Å²) >= 11 is 5.80. The number of hydrogen-bond acceptors (Lipinski definition) is 2. The highest BCUT2D eigenvalue weighted by Crippen LogP contribution is 2.20. The lowest BCUT2D eigenvalue weighted by atomic mass is 10.1. The molecule has 0 aliphatic rings. The van der Waals surface area contributed by atoms with Crippen LogP contribution in [0.1, 0.15) is 17.2 Å². The zero-order chi connectivity index (χ0) is 10.0. The van der Waals surface area contributed by atoms with Crippen LogP contribution in [-0.2, 0) is 4.79 Å². The first-order valence-corrected chi connectivity index (χ1v) is 4.13. The summed E-state index contributed by atoms with van der Waals surface area (Å²) in [4.78, 5) is 10.6. The van der Waals surface area contributed by atoms with Crippen LogP contribution < -0.4 is 5.73 Å². The van der Waals surface area contributed by atoms with Crippen molar-refractivity contribution >= 4 is 17.5 Å². The van der Waals surface area contributed by atoms with Gasteiger partial charge in [0, 0.05) is 5.02 Å². The number of primary amides is 1. The Bertz CT molecular complexity index is 338. The molecule has 1 aromatic rings. The number of carbonyl (C=O) groups excluding carboxylic acids is 1. The fourth-order valence-corrected chi connectivity index (χ4v) is 1.13. The largest absolute Gasteiger partial charge is 0.378 e. The monoisotopic (exact) mass is 199 g/mol. The Morgan fingerprint density at radius 3 is 2.69 bits per heavy atom. The van der Waals surface area contributed by atoms with E-state index in [-0.39, 0.29) is 0 Å². The number of nitrogens with two attached hydrogens (primary N) is 1. The molecule has 0 spiro atoms. The average molecular weight is 200 g/mol. The molecule has 1 amide bonds. The molecule has 0 bridgehead atoms. The summed E-state index contributed by atoms with van der Waals surface area (Å²) in [5.41, 5.74) is 6.23. The number of hydrogen-bond donors (Lipinski definition) is 2. The normalized spacial score (nSPS) is 12.5. The molecule has 3 nitrogen and oxygen atoms in total. The van der Waals surface area contributed by atoms with E-state index in [1.54, 1.807) is 12.1 Å². The summed E-state index contributed by atoms with van der Waals surface area (Å²) in [6.45, 7) is 1.84. The lowest BCUT2D eigenvalue weighted by Crippen LogP contribution is -2.20. The van der Waals surface area contributed by atoms with Gasteiger partial charge in [-0.25, -0.2) is 0 Å². The van der Waals surface area contributed by atoms with Crippen molar-refractivity contribution < 1.29 is 9.90 Å². The number of halogens is 1. The maximum Gasteiger partial charge on any atom is 0.250 e. The Morgan fingerprint density at radius 2 is 2.23 bits per heavy atom. The molecule has 0 saturated heterocycles. The van der Waals surface area contributed by atoms with Gasteiger partial charge in [0.2, 0.25) is 0 Å². The second kappa shape index (κ2) is 3.77. The molecule has 0 aromatic heterocycles. The molecular formula is C9H10ClNO2. The molecular weight excluding hydrogens is 190 g/mol. The number of carbonyl (C=O) groups is 1. The fraction of sp³-hybridized carbons (Fsp3) is 0.222. The third-order valence-corrected chi connectivity index (χ3v) is 2.19. The maximum atomic E-state index is 10.6. The Kier molecular flexibility index (Phi) is 2.90. The van der Waals surface area contributed by atoms with Gasteiger partial charge in [-0.15, -0.1) is 0 Å². The third-order valence-electron chi connectivity index (χ3n) is 1.78. The first kappa shape index (κ1) is 10.0. The van der Waals surface area contributed by atoms with Gasteiger partial charge in [0.25, 0.3) is 5.91 Å². The van der Waals surface area contributed by atoms with Crippen LogP contribution in [0, 0.1) is 6.92 Å². The lowest BCUT2D eigenvalue weighted by molar-refractivity contribution is -0.126. The van der Waals surface area contributed by atoms with Gasteiger partial charge in [-0.1, -0.05) is 23.7 Å². The van der Waals surface area contributed by atoms with Crippen LogP contribution in [0.25, 0.3) is 0 Å². The van der Waals surface area contributed by atoms with Crippen LogP contribution >= 0.6 is 11.6 Å². The number of benzene rings is 1. The lowest BCUT2D eigenvalue weighted by Gasteiger charge is -2.07. The topological polar surface area (TPSA) is 63.3 Å². The van der Waals surface area contributed by atoms with E-state index in [1.165, 1.54) is 6.07 Å². The molecule has 3 N–H and O–H groups in total. The van der Waals surface area contributed by atoms with Crippen molar-refractivity contribution in [2.75, 3.05) is 0 Å². The first-order chi connectivity index (χ1) is 6.02. The van der Waals surface area contributed by atoms with E-state index >= 15 is 0 Å². The van der Waals surface area contributed by atoms with Crippen molar-refractivity contribution in [1.29, 1.82) is 0 Å². The fourth-order valence-electron chi connectivity index (χ4n) is 0.943. The Balaban J connectivity index is 3.03. The number of rotatable bonds is 2. The predicted molar refractivity (Wildman–Crippen MR) is 50.3 cm³/mol. The third kappa shape index (κ3) is 2.20. The summed E-state index contributed by atoms with van der Waals surface area (Å²) < 4.78 is 0. The smallest absolute Gasteiger partial charge is 0.250 e. The van der Waals surface area contributed by atoms with Gasteiger partial charge in [0.05, 0.1) is 0 Å².